The Labute approximate surface area is 91.3 Å². The van der Waals surface area contributed by atoms with Crippen LogP contribution in [0, 0.1) is 6.92 Å². The summed E-state index contributed by atoms with van der Waals surface area (Å²) in [6.07, 6.45) is 1.59. The van der Waals surface area contributed by atoms with E-state index in [0.29, 0.717) is 5.56 Å². The van der Waals surface area contributed by atoms with E-state index in [2.05, 4.69) is 10.6 Å². The highest BCUT2D eigenvalue weighted by Gasteiger charge is 2.29. The lowest BCUT2D eigenvalue weighted by Crippen LogP contribution is -2.37. The van der Waals surface area contributed by atoms with E-state index < -0.39 is 18.0 Å². The molecule has 0 aliphatic carbocycles. The topological polar surface area (TPSA) is 80.2 Å². The van der Waals surface area contributed by atoms with E-state index >= 15 is 0 Å². The molecule has 1 aliphatic heterocycles. The van der Waals surface area contributed by atoms with Gasteiger partial charge in [-0.2, -0.15) is 0 Å². The number of nitrogens with one attached hydrogen (secondary N) is 2. The van der Waals surface area contributed by atoms with Crippen LogP contribution in [-0.4, -0.2) is 22.5 Å². The van der Waals surface area contributed by atoms with Crippen molar-refractivity contribution >= 4 is 11.9 Å². The molecule has 0 radical (unpaired) electrons. The van der Waals surface area contributed by atoms with Gasteiger partial charge in [0.2, 0.25) is 0 Å². The lowest BCUT2D eigenvalue weighted by atomic mass is 10.2. The zero-order valence-electron chi connectivity index (χ0n) is 8.69. The highest BCUT2D eigenvalue weighted by atomic mass is 16.2. The maximum Gasteiger partial charge on any atom is 0.322 e. The molecule has 1 aromatic rings. The quantitative estimate of drug-likeness (QED) is 0.652. The number of aryl methyl sites for hydroxylation is 1. The second-order valence-electron chi connectivity index (χ2n) is 3.66. The molecule has 16 heavy (non-hydrogen) atoms. The third kappa shape index (κ3) is 1.81. The van der Waals surface area contributed by atoms with Gasteiger partial charge < -0.3 is 9.88 Å². The molecule has 1 aromatic heterocycles. The Morgan fingerprint density at radius 2 is 2.12 bits per heavy atom. The molecular formula is C10H11N3O3. The summed E-state index contributed by atoms with van der Waals surface area (Å²) in [6.45, 7) is 1.85. The van der Waals surface area contributed by atoms with Gasteiger partial charge in [0.25, 0.3) is 11.5 Å². The molecule has 6 nitrogen and oxygen atoms in total. The highest BCUT2D eigenvalue weighted by molar-refractivity contribution is 6.04. The van der Waals surface area contributed by atoms with E-state index in [1.54, 1.807) is 25.3 Å². The van der Waals surface area contributed by atoms with Crippen LogP contribution >= 0.6 is 0 Å². The van der Waals surface area contributed by atoms with Crippen molar-refractivity contribution < 1.29 is 9.59 Å². The van der Waals surface area contributed by atoms with Gasteiger partial charge in [0, 0.05) is 11.8 Å². The van der Waals surface area contributed by atoms with Crippen molar-refractivity contribution in [3.8, 4) is 0 Å². The van der Waals surface area contributed by atoms with Gasteiger partial charge in [-0.15, -0.1) is 0 Å². The maximum atomic E-state index is 11.7. The lowest BCUT2D eigenvalue weighted by molar-refractivity contribution is -0.120. The third-order valence-corrected chi connectivity index (χ3v) is 2.45. The van der Waals surface area contributed by atoms with E-state index in [4.69, 9.17) is 0 Å². The summed E-state index contributed by atoms with van der Waals surface area (Å²) >= 11 is 0. The van der Waals surface area contributed by atoms with Crippen LogP contribution in [0.15, 0.2) is 23.1 Å². The zero-order valence-corrected chi connectivity index (χ0v) is 8.69. The average Bonchev–Trinajstić information content (AvgIpc) is 2.53. The fourth-order valence-electron chi connectivity index (χ4n) is 1.58. The van der Waals surface area contributed by atoms with Crippen LogP contribution in [0.2, 0.25) is 0 Å². The Morgan fingerprint density at radius 1 is 1.38 bits per heavy atom. The van der Waals surface area contributed by atoms with Crippen molar-refractivity contribution in [2.75, 3.05) is 0 Å². The van der Waals surface area contributed by atoms with Gasteiger partial charge in [-0.3, -0.25) is 14.9 Å². The van der Waals surface area contributed by atoms with E-state index in [-0.39, 0.29) is 12.1 Å². The number of urea groups is 1. The summed E-state index contributed by atoms with van der Waals surface area (Å²) in [4.78, 5) is 33.8. The standard InChI is InChI=1S/C10H11N3O3/c1-6-3-2-4-13(9(6)15)5-7-8(14)12-10(16)11-7/h2-4,7H,5H2,1H3,(H2,11,12,14,16). The average molecular weight is 221 g/mol. The number of carbonyl (C=O) groups is 2. The Hall–Kier alpha value is -2.11. The molecule has 1 fully saturated rings. The summed E-state index contributed by atoms with van der Waals surface area (Å²) in [5, 5.41) is 4.56. The zero-order chi connectivity index (χ0) is 11.7. The Morgan fingerprint density at radius 3 is 2.75 bits per heavy atom. The van der Waals surface area contributed by atoms with Crippen LogP contribution in [0.25, 0.3) is 0 Å². The summed E-state index contributed by atoms with van der Waals surface area (Å²) in [7, 11) is 0. The number of hydrogen-bond donors (Lipinski definition) is 2. The van der Waals surface area contributed by atoms with Crippen LogP contribution in [-0.2, 0) is 11.3 Å². The van der Waals surface area contributed by atoms with Crippen LogP contribution in [0.4, 0.5) is 4.79 Å². The summed E-state index contributed by atoms with van der Waals surface area (Å²) in [5.41, 5.74) is 0.448. The molecule has 2 heterocycles. The molecule has 1 atom stereocenters. The number of nitrogens with zero attached hydrogens (tertiary/aromatic N) is 1. The molecule has 2 rings (SSSR count). The molecule has 1 unspecified atom stereocenters. The fourth-order valence-corrected chi connectivity index (χ4v) is 1.58. The molecule has 0 aromatic carbocycles. The van der Waals surface area contributed by atoms with Crippen LogP contribution < -0.4 is 16.2 Å². The fraction of sp³-hybridized carbons (Fsp3) is 0.300. The number of carbonyl (C=O) groups excluding carboxylic acids is 2. The van der Waals surface area contributed by atoms with Crippen molar-refractivity contribution in [1.29, 1.82) is 0 Å². The van der Waals surface area contributed by atoms with Gasteiger partial charge in [-0.1, -0.05) is 6.07 Å². The number of aromatic nitrogens is 1. The molecule has 0 bridgehead atoms. The first-order valence-corrected chi connectivity index (χ1v) is 4.85. The van der Waals surface area contributed by atoms with E-state index in [1.165, 1.54) is 4.57 Å². The molecule has 0 saturated carbocycles. The normalized spacial score (nSPS) is 19.4. The van der Waals surface area contributed by atoms with Gasteiger partial charge in [0.15, 0.2) is 0 Å². The predicted molar refractivity (Wildman–Crippen MR) is 55.9 cm³/mol. The first-order valence-electron chi connectivity index (χ1n) is 4.85. The number of hydrogen-bond acceptors (Lipinski definition) is 3. The molecule has 84 valence electrons. The van der Waals surface area contributed by atoms with Gasteiger partial charge in [-0.25, -0.2) is 4.79 Å². The second kappa shape index (κ2) is 3.80. The number of imide groups is 1. The summed E-state index contributed by atoms with van der Waals surface area (Å²) in [6, 6.07) is 2.24. The van der Waals surface area contributed by atoms with E-state index in [9.17, 15) is 14.4 Å². The van der Waals surface area contributed by atoms with Gasteiger partial charge >= 0.3 is 6.03 Å². The third-order valence-electron chi connectivity index (χ3n) is 2.45. The number of amides is 3. The molecular weight excluding hydrogens is 210 g/mol. The van der Waals surface area contributed by atoms with Crippen molar-refractivity contribution in [1.82, 2.24) is 15.2 Å². The molecule has 3 amide bonds. The van der Waals surface area contributed by atoms with Crippen LogP contribution in [0.5, 0.6) is 0 Å². The summed E-state index contributed by atoms with van der Waals surface area (Å²) < 4.78 is 1.41. The van der Waals surface area contributed by atoms with Gasteiger partial charge in [-0.05, 0) is 13.0 Å². The molecule has 2 N–H and O–H groups in total. The minimum atomic E-state index is -0.674. The van der Waals surface area contributed by atoms with Gasteiger partial charge in [0.1, 0.15) is 6.04 Å². The largest absolute Gasteiger partial charge is 0.324 e. The Kier molecular flexibility index (Phi) is 2.47. The highest BCUT2D eigenvalue weighted by Crippen LogP contribution is 1.97. The SMILES string of the molecule is Cc1cccn(CC2NC(=O)NC2=O)c1=O. The number of rotatable bonds is 2. The Bertz CT molecular complexity index is 506. The first-order chi connectivity index (χ1) is 7.58. The minimum Gasteiger partial charge on any atom is -0.324 e. The van der Waals surface area contributed by atoms with Gasteiger partial charge in [0.05, 0.1) is 6.54 Å². The van der Waals surface area contributed by atoms with Crippen molar-refractivity contribution in [2.45, 2.75) is 19.5 Å². The van der Waals surface area contributed by atoms with Crippen LogP contribution in [0.3, 0.4) is 0 Å². The van der Waals surface area contributed by atoms with Crippen molar-refractivity contribution in [3.05, 3.63) is 34.2 Å². The molecule has 6 heteroatoms. The Balaban J connectivity index is 2.22. The first kappa shape index (κ1) is 10.4. The maximum absolute atomic E-state index is 11.7. The van der Waals surface area contributed by atoms with E-state index in [0.717, 1.165) is 0 Å². The molecule has 0 spiro atoms. The summed E-state index contributed by atoms with van der Waals surface area (Å²) in [5.74, 6) is -0.404. The van der Waals surface area contributed by atoms with Crippen molar-refractivity contribution in [2.24, 2.45) is 0 Å². The minimum absolute atomic E-state index is 0.151. The number of pyridine rings is 1. The molecule has 1 aliphatic rings. The van der Waals surface area contributed by atoms with Crippen LogP contribution in [0.1, 0.15) is 5.56 Å². The van der Waals surface area contributed by atoms with E-state index in [1.807, 2.05) is 0 Å². The lowest BCUT2D eigenvalue weighted by Gasteiger charge is -2.10. The predicted octanol–water partition coefficient (Wildman–Crippen LogP) is -0.635. The smallest absolute Gasteiger partial charge is 0.322 e. The monoisotopic (exact) mass is 221 g/mol. The van der Waals surface area contributed by atoms with Crippen molar-refractivity contribution in [3.63, 3.8) is 0 Å². The second-order valence-corrected chi connectivity index (χ2v) is 3.66. The molecule has 1 saturated heterocycles.